The molecule has 4 nitrogen and oxygen atoms in total. The Morgan fingerprint density at radius 3 is 2.62 bits per heavy atom. The first-order valence-electron chi connectivity index (χ1n) is 6.42. The van der Waals surface area contributed by atoms with Crippen LogP contribution in [0.5, 0.6) is 0 Å². The number of imidazole rings is 1. The first-order chi connectivity index (χ1) is 10.1. The van der Waals surface area contributed by atoms with Crippen LogP contribution < -0.4 is 11.0 Å². The second kappa shape index (κ2) is 5.67. The molecule has 0 aliphatic rings. The molecular formula is C15H13BrClN3O. The summed E-state index contributed by atoms with van der Waals surface area (Å²) in [5.74, 6) is 0. The van der Waals surface area contributed by atoms with Gasteiger partial charge in [-0.3, -0.25) is 0 Å². The molecule has 0 spiro atoms. The van der Waals surface area contributed by atoms with Crippen LogP contribution in [0.1, 0.15) is 17.2 Å². The van der Waals surface area contributed by atoms with Crippen LogP contribution in [0.25, 0.3) is 11.0 Å². The summed E-state index contributed by atoms with van der Waals surface area (Å²) >= 11 is 9.75. The van der Waals surface area contributed by atoms with Gasteiger partial charge in [0.2, 0.25) is 0 Å². The molecule has 1 unspecified atom stereocenters. The largest absolute Gasteiger partial charge is 0.323 e. The second-order valence-corrected chi connectivity index (χ2v) is 6.09. The highest BCUT2D eigenvalue weighted by atomic mass is 79.9. The number of hydrogen-bond acceptors (Lipinski definition) is 2. The average Bonchev–Trinajstić information content (AvgIpc) is 2.81. The van der Waals surface area contributed by atoms with Gasteiger partial charge in [0.1, 0.15) is 0 Å². The van der Waals surface area contributed by atoms with Gasteiger partial charge < -0.3 is 15.3 Å². The molecule has 108 valence electrons. The molecule has 1 atom stereocenters. The smallest absolute Gasteiger partial charge is 0.309 e. The second-order valence-electron chi connectivity index (χ2n) is 4.77. The monoisotopic (exact) mass is 365 g/mol. The highest BCUT2D eigenvalue weighted by Crippen LogP contribution is 2.31. The minimum atomic E-state index is -0.204. The molecule has 0 amide bonds. The molecule has 3 N–H and O–H groups in total. The maximum atomic E-state index is 11.3. The van der Waals surface area contributed by atoms with Crippen LogP contribution in [0.3, 0.4) is 0 Å². The van der Waals surface area contributed by atoms with E-state index < -0.39 is 0 Å². The first-order valence-corrected chi connectivity index (χ1v) is 7.60. The third kappa shape index (κ3) is 2.77. The first kappa shape index (κ1) is 14.4. The Labute approximate surface area is 134 Å². The normalized spacial score (nSPS) is 12.7. The third-order valence-electron chi connectivity index (χ3n) is 3.44. The highest BCUT2D eigenvalue weighted by molar-refractivity contribution is 9.10. The van der Waals surface area contributed by atoms with Gasteiger partial charge in [0, 0.05) is 9.50 Å². The van der Waals surface area contributed by atoms with Gasteiger partial charge in [-0.15, -0.1) is 0 Å². The van der Waals surface area contributed by atoms with Crippen molar-refractivity contribution in [2.24, 2.45) is 0 Å². The van der Waals surface area contributed by atoms with E-state index in [-0.39, 0.29) is 11.7 Å². The highest BCUT2D eigenvalue weighted by Gasteiger charge is 2.16. The van der Waals surface area contributed by atoms with Gasteiger partial charge in [-0.1, -0.05) is 39.7 Å². The number of rotatable bonds is 3. The maximum Gasteiger partial charge on any atom is 0.323 e. The molecule has 0 fully saturated rings. The SMILES string of the molecule is CNC(c1ccc2[nH]c(=O)[nH]c2c1)c1ccc(Br)cc1Cl. The Morgan fingerprint density at radius 2 is 1.90 bits per heavy atom. The van der Waals surface area contributed by atoms with Gasteiger partial charge in [-0.05, 0) is 42.4 Å². The van der Waals surface area contributed by atoms with E-state index in [0.29, 0.717) is 5.02 Å². The molecule has 21 heavy (non-hydrogen) atoms. The number of benzene rings is 2. The lowest BCUT2D eigenvalue weighted by atomic mass is 9.98. The Bertz CT molecular complexity index is 855. The van der Waals surface area contributed by atoms with Crippen LogP contribution in [0.4, 0.5) is 0 Å². The van der Waals surface area contributed by atoms with Crippen molar-refractivity contribution in [3.8, 4) is 0 Å². The van der Waals surface area contributed by atoms with Crippen molar-refractivity contribution < 1.29 is 0 Å². The number of hydrogen-bond donors (Lipinski definition) is 3. The predicted molar refractivity (Wildman–Crippen MR) is 89.0 cm³/mol. The summed E-state index contributed by atoms with van der Waals surface area (Å²) in [5.41, 5.74) is 3.39. The average molecular weight is 367 g/mol. The fourth-order valence-electron chi connectivity index (χ4n) is 2.47. The van der Waals surface area contributed by atoms with Crippen LogP contribution in [-0.4, -0.2) is 17.0 Å². The summed E-state index contributed by atoms with van der Waals surface area (Å²) in [6.07, 6.45) is 0. The zero-order valence-electron chi connectivity index (χ0n) is 11.2. The fourth-order valence-corrected chi connectivity index (χ4v) is 3.25. The fraction of sp³-hybridized carbons (Fsp3) is 0.133. The van der Waals surface area contributed by atoms with Crippen molar-refractivity contribution in [1.29, 1.82) is 0 Å². The van der Waals surface area contributed by atoms with E-state index in [0.717, 1.165) is 26.6 Å². The molecule has 1 aromatic heterocycles. The summed E-state index contributed by atoms with van der Waals surface area (Å²) in [7, 11) is 1.88. The molecule has 0 radical (unpaired) electrons. The third-order valence-corrected chi connectivity index (χ3v) is 4.26. The van der Waals surface area contributed by atoms with Crippen LogP contribution in [0.2, 0.25) is 5.02 Å². The van der Waals surface area contributed by atoms with Crippen LogP contribution in [-0.2, 0) is 0 Å². The topological polar surface area (TPSA) is 60.7 Å². The number of aromatic nitrogens is 2. The van der Waals surface area contributed by atoms with Crippen molar-refractivity contribution in [3.05, 3.63) is 67.5 Å². The van der Waals surface area contributed by atoms with Crippen molar-refractivity contribution >= 4 is 38.6 Å². The van der Waals surface area contributed by atoms with E-state index in [9.17, 15) is 4.79 Å². The van der Waals surface area contributed by atoms with Gasteiger partial charge in [0.25, 0.3) is 0 Å². The molecule has 0 saturated carbocycles. The Balaban J connectivity index is 2.10. The van der Waals surface area contributed by atoms with Crippen LogP contribution >= 0.6 is 27.5 Å². The van der Waals surface area contributed by atoms with Gasteiger partial charge in [0.15, 0.2) is 0 Å². The summed E-state index contributed by atoms with van der Waals surface area (Å²) in [6, 6.07) is 11.6. The van der Waals surface area contributed by atoms with Gasteiger partial charge in [-0.2, -0.15) is 0 Å². The van der Waals surface area contributed by atoms with Gasteiger partial charge >= 0.3 is 5.69 Å². The maximum absolute atomic E-state index is 11.3. The summed E-state index contributed by atoms with van der Waals surface area (Å²) < 4.78 is 0.941. The van der Waals surface area contributed by atoms with E-state index in [1.807, 2.05) is 43.4 Å². The minimum Gasteiger partial charge on any atom is -0.309 e. The van der Waals surface area contributed by atoms with E-state index in [2.05, 4.69) is 31.2 Å². The van der Waals surface area contributed by atoms with Crippen LogP contribution in [0.15, 0.2) is 45.7 Å². The molecule has 0 aliphatic heterocycles. The van der Waals surface area contributed by atoms with E-state index >= 15 is 0 Å². The minimum absolute atomic E-state index is 0.0478. The van der Waals surface area contributed by atoms with Crippen molar-refractivity contribution in [2.75, 3.05) is 7.05 Å². The number of halogens is 2. The number of fused-ring (bicyclic) bond motifs is 1. The molecule has 0 saturated heterocycles. The van der Waals surface area contributed by atoms with E-state index in [4.69, 9.17) is 11.6 Å². The predicted octanol–water partition coefficient (Wildman–Crippen LogP) is 3.58. The summed E-state index contributed by atoms with van der Waals surface area (Å²) in [5, 5.41) is 3.95. The molecular weight excluding hydrogens is 354 g/mol. The van der Waals surface area contributed by atoms with Crippen molar-refractivity contribution in [1.82, 2.24) is 15.3 Å². The van der Waals surface area contributed by atoms with E-state index in [1.165, 1.54) is 0 Å². The number of H-pyrrole nitrogens is 2. The van der Waals surface area contributed by atoms with E-state index in [1.54, 1.807) is 0 Å². The van der Waals surface area contributed by atoms with Gasteiger partial charge in [-0.25, -0.2) is 4.79 Å². The lowest BCUT2D eigenvalue weighted by Gasteiger charge is -2.19. The molecule has 0 bridgehead atoms. The summed E-state index contributed by atoms with van der Waals surface area (Å²) in [6.45, 7) is 0. The number of nitrogens with one attached hydrogen (secondary N) is 3. The van der Waals surface area contributed by atoms with Crippen molar-refractivity contribution in [2.45, 2.75) is 6.04 Å². The molecule has 2 aromatic carbocycles. The molecule has 0 aliphatic carbocycles. The zero-order chi connectivity index (χ0) is 15.0. The summed E-state index contributed by atoms with van der Waals surface area (Å²) in [4.78, 5) is 16.9. The quantitative estimate of drug-likeness (QED) is 0.663. The Kier molecular flexibility index (Phi) is 3.89. The number of aromatic amines is 2. The Morgan fingerprint density at radius 1 is 1.14 bits per heavy atom. The Hall–Kier alpha value is -1.56. The van der Waals surface area contributed by atoms with Crippen LogP contribution in [0, 0.1) is 0 Å². The standard InChI is InChI=1S/C15H13BrClN3O/c1-18-14(10-4-3-9(16)7-11(10)17)8-2-5-12-13(6-8)20-15(21)19-12/h2-7,14,18H,1H3,(H2,19,20,21). The lowest BCUT2D eigenvalue weighted by molar-refractivity contribution is 0.692. The molecule has 3 rings (SSSR count). The molecule has 6 heteroatoms. The zero-order valence-corrected chi connectivity index (χ0v) is 13.5. The molecule has 1 heterocycles. The van der Waals surface area contributed by atoms with Gasteiger partial charge in [0.05, 0.1) is 17.1 Å². The molecule has 3 aromatic rings. The van der Waals surface area contributed by atoms with Crippen molar-refractivity contribution in [3.63, 3.8) is 0 Å². The lowest BCUT2D eigenvalue weighted by Crippen LogP contribution is -2.18.